The van der Waals surface area contributed by atoms with Gasteiger partial charge in [0, 0.05) is 18.2 Å². The van der Waals surface area contributed by atoms with E-state index in [1.165, 1.54) is 0 Å². The molecule has 0 radical (unpaired) electrons. The van der Waals surface area contributed by atoms with E-state index >= 15 is 0 Å². The fraction of sp³-hybridized carbons (Fsp3) is 0.300. The highest BCUT2D eigenvalue weighted by molar-refractivity contribution is 5.89. The summed E-state index contributed by atoms with van der Waals surface area (Å²) in [5.41, 5.74) is -0.667. The molecule has 0 aromatic heterocycles. The molecule has 2 N–H and O–H groups in total. The largest absolute Gasteiger partial charge is 0.336 e. The van der Waals surface area contributed by atoms with Crippen LogP contribution in [0.15, 0.2) is 12.1 Å². The number of halogens is 3. The molecule has 1 rings (SSSR count). The van der Waals surface area contributed by atoms with Crippen LogP contribution in [0.2, 0.25) is 0 Å². The van der Waals surface area contributed by atoms with E-state index in [1.54, 1.807) is 13.8 Å². The Hall–Kier alpha value is -1.72. The van der Waals surface area contributed by atoms with Crippen molar-refractivity contribution >= 4 is 11.7 Å². The monoisotopic (exact) mass is 232 g/mol. The summed E-state index contributed by atoms with van der Waals surface area (Å²) in [6.45, 7) is 3.38. The second kappa shape index (κ2) is 4.87. The van der Waals surface area contributed by atoms with Gasteiger partial charge in [0.05, 0.1) is 0 Å². The van der Waals surface area contributed by atoms with Crippen molar-refractivity contribution in [3.63, 3.8) is 0 Å². The lowest BCUT2D eigenvalue weighted by molar-refractivity contribution is 0.249. The van der Waals surface area contributed by atoms with Crippen molar-refractivity contribution in [2.75, 3.05) is 5.32 Å². The van der Waals surface area contributed by atoms with Gasteiger partial charge < -0.3 is 10.6 Å². The summed E-state index contributed by atoms with van der Waals surface area (Å²) in [4.78, 5) is 11.2. The number of carbonyl (C=O) groups is 1. The maximum atomic E-state index is 13.1. The molecule has 2 amide bonds. The van der Waals surface area contributed by atoms with Gasteiger partial charge in [0.1, 0.15) is 11.5 Å². The molecular weight excluding hydrogens is 221 g/mol. The maximum absolute atomic E-state index is 13.1. The summed E-state index contributed by atoms with van der Waals surface area (Å²) in [6, 6.07) is 0.0632. The minimum absolute atomic E-state index is 0.174. The minimum atomic E-state index is -1.16. The topological polar surface area (TPSA) is 41.1 Å². The van der Waals surface area contributed by atoms with E-state index in [-0.39, 0.29) is 6.04 Å². The average molecular weight is 232 g/mol. The summed E-state index contributed by atoms with van der Waals surface area (Å²) in [6.07, 6.45) is 0. The fourth-order valence-corrected chi connectivity index (χ4v) is 1.07. The molecule has 6 heteroatoms. The minimum Gasteiger partial charge on any atom is -0.336 e. The van der Waals surface area contributed by atoms with E-state index in [1.807, 2.05) is 5.32 Å². The molecule has 0 fully saturated rings. The van der Waals surface area contributed by atoms with Gasteiger partial charge in [0.2, 0.25) is 0 Å². The molecule has 1 aromatic rings. The number of nitrogens with one attached hydrogen (secondary N) is 2. The van der Waals surface area contributed by atoms with Gasteiger partial charge in [-0.2, -0.15) is 0 Å². The molecule has 0 saturated heterocycles. The van der Waals surface area contributed by atoms with Crippen LogP contribution in [0, 0.1) is 17.5 Å². The third kappa shape index (κ3) is 3.15. The number of carbonyl (C=O) groups excluding carboxylic acids is 1. The van der Waals surface area contributed by atoms with E-state index in [2.05, 4.69) is 5.32 Å². The van der Waals surface area contributed by atoms with Crippen molar-refractivity contribution in [3.05, 3.63) is 29.6 Å². The zero-order valence-corrected chi connectivity index (χ0v) is 8.77. The first-order valence-corrected chi connectivity index (χ1v) is 4.62. The Morgan fingerprint density at radius 3 is 2.12 bits per heavy atom. The Balaban J connectivity index is 2.85. The molecule has 0 heterocycles. The first-order chi connectivity index (χ1) is 7.40. The standard InChI is InChI=1S/C10H11F3N2O/c1-5(2)14-10(16)15-9-7(12)3-6(11)4-8(9)13/h3-5H,1-2H3,(H2,14,15,16). The van der Waals surface area contributed by atoms with Gasteiger partial charge in [-0.25, -0.2) is 18.0 Å². The van der Waals surface area contributed by atoms with E-state index < -0.39 is 29.2 Å². The Labute approximate surface area is 90.6 Å². The first-order valence-electron chi connectivity index (χ1n) is 4.62. The third-order valence-corrected chi connectivity index (χ3v) is 1.67. The number of anilines is 1. The highest BCUT2D eigenvalue weighted by atomic mass is 19.1. The lowest BCUT2D eigenvalue weighted by Crippen LogP contribution is -2.34. The number of benzene rings is 1. The zero-order chi connectivity index (χ0) is 12.3. The molecule has 16 heavy (non-hydrogen) atoms. The van der Waals surface area contributed by atoms with E-state index in [0.717, 1.165) is 0 Å². The quantitative estimate of drug-likeness (QED) is 0.808. The van der Waals surface area contributed by atoms with Crippen LogP contribution in [-0.2, 0) is 0 Å². The molecule has 0 atom stereocenters. The third-order valence-electron chi connectivity index (χ3n) is 1.67. The molecule has 0 aliphatic carbocycles. The van der Waals surface area contributed by atoms with Crippen LogP contribution < -0.4 is 10.6 Å². The Morgan fingerprint density at radius 2 is 1.69 bits per heavy atom. The second-order valence-corrected chi connectivity index (χ2v) is 3.50. The lowest BCUT2D eigenvalue weighted by atomic mass is 10.3. The maximum Gasteiger partial charge on any atom is 0.319 e. The van der Waals surface area contributed by atoms with Crippen molar-refractivity contribution in [3.8, 4) is 0 Å². The number of hydrogen-bond acceptors (Lipinski definition) is 1. The van der Waals surface area contributed by atoms with Gasteiger partial charge in [0.15, 0.2) is 11.6 Å². The Kier molecular flexibility index (Phi) is 3.76. The average Bonchev–Trinajstić information content (AvgIpc) is 2.09. The number of urea groups is 1. The lowest BCUT2D eigenvalue weighted by Gasteiger charge is -2.11. The molecule has 88 valence electrons. The first kappa shape index (κ1) is 12.4. The van der Waals surface area contributed by atoms with E-state index in [0.29, 0.717) is 12.1 Å². The van der Waals surface area contributed by atoms with Crippen LogP contribution in [0.1, 0.15) is 13.8 Å². The summed E-state index contributed by atoms with van der Waals surface area (Å²) < 4.78 is 38.7. The molecule has 0 unspecified atom stereocenters. The van der Waals surface area contributed by atoms with Gasteiger partial charge in [-0.3, -0.25) is 0 Å². The van der Waals surface area contributed by atoms with Crippen LogP contribution in [0.4, 0.5) is 23.7 Å². The predicted octanol–water partition coefficient (Wildman–Crippen LogP) is 2.63. The van der Waals surface area contributed by atoms with Crippen LogP contribution >= 0.6 is 0 Å². The number of amides is 2. The van der Waals surface area contributed by atoms with E-state index in [9.17, 15) is 18.0 Å². The van der Waals surface area contributed by atoms with Crippen molar-refractivity contribution in [1.29, 1.82) is 0 Å². The smallest absolute Gasteiger partial charge is 0.319 e. The van der Waals surface area contributed by atoms with Gasteiger partial charge in [-0.05, 0) is 13.8 Å². The SMILES string of the molecule is CC(C)NC(=O)Nc1c(F)cc(F)cc1F. The van der Waals surface area contributed by atoms with Crippen molar-refractivity contribution in [2.24, 2.45) is 0 Å². The molecule has 0 saturated carbocycles. The molecule has 0 aliphatic rings. The fourth-order valence-electron chi connectivity index (χ4n) is 1.07. The Morgan fingerprint density at radius 1 is 1.19 bits per heavy atom. The molecular formula is C10H11F3N2O. The van der Waals surface area contributed by atoms with Crippen LogP contribution in [-0.4, -0.2) is 12.1 Å². The van der Waals surface area contributed by atoms with Crippen LogP contribution in [0.3, 0.4) is 0 Å². The molecule has 3 nitrogen and oxygen atoms in total. The zero-order valence-electron chi connectivity index (χ0n) is 8.77. The highest BCUT2D eigenvalue weighted by Gasteiger charge is 2.14. The van der Waals surface area contributed by atoms with Gasteiger partial charge in [-0.1, -0.05) is 0 Å². The molecule has 0 aliphatic heterocycles. The Bertz CT molecular complexity index is 384. The summed E-state index contributed by atoms with van der Waals surface area (Å²) in [5, 5.41) is 4.35. The van der Waals surface area contributed by atoms with Gasteiger partial charge in [0.25, 0.3) is 0 Å². The van der Waals surface area contributed by atoms with Crippen LogP contribution in [0.25, 0.3) is 0 Å². The van der Waals surface area contributed by atoms with Gasteiger partial charge >= 0.3 is 6.03 Å². The second-order valence-electron chi connectivity index (χ2n) is 3.50. The van der Waals surface area contributed by atoms with Crippen molar-refractivity contribution < 1.29 is 18.0 Å². The molecule has 0 bridgehead atoms. The van der Waals surface area contributed by atoms with Gasteiger partial charge in [-0.15, -0.1) is 0 Å². The summed E-state index contributed by atoms with van der Waals surface area (Å²) >= 11 is 0. The number of hydrogen-bond donors (Lipinski definition) is 2. The van der Waals surface area contributed by atoms with Crippen LogP contribution in [0.5, 0.6) is 0 Å². The normalized spacial score (nSPS) is 10.4. The molecule has 0 spiro atoms. The summed E-state index contributed by atoms with van der Waals surface area (Å²) in [7, 11) is 0. The predicted molar refractivity (Wildman–Crippen MR) is 53.6 cm³/mol. The summed E-state index contributed by atoms with van der Waals surface area (Å²) in [5.74, 6) is -3.35. The van der Waals surface area contributed by atoms with E-state index in [4.69, 9.17) is 0 Å². The van der Waals surface area contributed by atoms with Crippen molar-refractivity contribution in [2.45, 2.75) is 19.9 Å². The molecule has 1 aromatic carbocycles. The highest BCUT2D eigenvalue weighted by Crippen LogP contribution is 2.19. The van der Waals surface area contributed by atoms with Crippen molar-refractivity contribution in [1.82, 2.24) is 5.32 Å². The number of rotatable bonds is 2.